The second kappa shape index (κ2) is 6.83. The quantitative estimate of drug-likeness (QED) is 0.772. The molecule has 0 aromatic heterocycles. The zero-order valence-corrected chi connectivity index (χ0v) is 13.6. The lowest BCUT2D eigenvalue weighted by Gasteiger charge is -2.24. The summed E-state index contributed by atoms with van der Waals surface area (Å²) >= 11 is 0. The second-order valence-corrected chi connectivity index (χ2v) is 5.89. The molecule has 0 amide bonds. The number of aryl methyl sites for hydroxylation is 2. The third kappa shape index (κ3) is 3.89. The van der Waals surface area contributed by atoms with Crippen LogP contribution in [0.5, 0.6) is 0 Å². The zero-order valence-electron chi connectivity index (χ0n) is 13.6. The molecule has 108 valence electrons. The van der Waals surface area contributed by atoms with Crippen molar-refractivity contribution in [2.24, 2.45) is 0 Å². The van der Waals surface area contributed by atoms with Crippen LogP contribution in [0.4, 0.5) is 11.4 Å². The van der Waals surface area contributed by atoms with Crippen molar-refractivity contribution < 1.29 is 0 Å². The fraction of sp³-hybridized carbons (Fsp3) is 0.647. The molecule has 0 saturated heterocycles. The first-order valence-electron chi connectivity index (χ1n) is 7.59. The largest absolute Gasteiger partial charge is 0.382 e. The van der Waals surface area contributed by atoms with Gasteiger partial charge in [-0.1, -0.05) is 19.9 Å². The Hall–Kier alpha value is -1.18. The van der Waals surface area contributed by atoms with Gasteiger partial charge in [-0.3, -0.25) is 0 Å². The van der Waals surface area contributed by atoms with Crippen molar-refractivity contribution >= 4 is 11.4 Å². The lowest BCUT2D eigenvalue weighted by Crippen LogP contribution is -2.18. The van der Waals surface area contributed by atoms with Crippen LogP contribution >= 0.6 is 0 Å². The summed E-state index contributed by atoms with van der Waals surface area (Å²) in [6.45, 7) is 15.5. The molecule has 0 aliphatic rings. The summed E-state index contributed by atoms with van der Waals surface area (Å²) in [6.07, 6.45) is 2.13. The fourth-order valence-corrected chi connectivity index (χ4v) is 2.55. The highest BCUT2D eigenvalue weighted by atomic mass is 14.9. The van der Waals surface area contributed by atoms with Gasteiger partial charge in [0.2, 0.25) is 0 Å². The van der Waals surface area contributed by atoms with Crippen LogP contribution in [0.15, 0.2) is 6.07 Å². The van der Waals surface area contributed by atoms with Crippen LogP contribution < -0.4 is 10.6 Å². The molecule has 0 aliphatic heterocycles. The topological polar surface area (TPSA) is 24.1 Å². The molecule has 0 bridgehead atoms. The van der Waals surface area contributed by atoms with Crippen LogP contribution in [0.25, 0.3) is 0 Å². The number of hydrogen-bond acceptors (Lipinski definition) is 2. The van der Waals surface area contributed by atoms with Gasteiger partial charge in [0.25, 0.3) is 0 Å². The van der Waals surface area contributed by atoms with Gasteiger partial charge in [-0.05, 0) is 64.2 Å². The third-order valence-corrected chi connectivity index (χ3v) is 3.31. The summed E-state index contributed by atoms with van der Waals surface area (Å²) in [5.41, 5.74) is 6.87. The molecule has 2 N–H and O–H groups in total. The van der Waals surface area contributed by atoms with Crippen molar-refractivity contribution in [3.63, 3.8) is 0 Å². The number of rotatable bonds is 6. The maximum Gasteiger partial charge on any atom is 0.0428 e. The Labute approximate surface area is 119 Å². The Morgan fingerprint density at radius 3 is 1.84 bits per heavy atom. The van der Waals surface area contributed by atoms with E-state index in [0.29, 0.717) is 12.1 Å². The van der Waals surface area contributed by atoms with E-state index < -0.39 is 0 Å². The molecule has 0 radical (unpaired) electrons. The summed E-state index contributed by atoms with van der Waals surface area (Å²) in [5.74, 6) is 0. The number of benzene rings is 1. The van der Waals surface area contributed by atoms with Gasteiger partial charge in [-0.25, -0.2) is 0 Å². The van der Waals surface area contributed by atoms with Gasteiger partial charge in [0.1, 0.15) is 0 Å². The van der Waals surface area contributed by atoms with E-state index >= 15 is 0 Å². The van der Waals surface area contributed by atoms with Crippen molar-refractivity contribution in [2.45, 2.75) is 73.4 Å². The van der Waals surface area contributed by atoms with Crippen LogP contribution in [0.1, 0.15) is 58.2 Å². The van der Waals surface area contributed by atoms with E-state index in [4.69, 9.17) is 0 Å². The van der Waals surface area contributed by atoms with Gasteiger partial charge in [0, 0.05) is 23.5 Å². The Morgan fingerprint density at radius 1 is 0.895 bits per heavy atom. The fourth-order valence-electron chi connectivity index (χ4n) is 2.55. The normalized spacial score (nSPS) is 11.2. The minimum atomic E-state index is 0.461. The molecular weight excluding hydrogens is 232 g/mol. The molecule has 0 fully saturated rings. The molecule has 0 aliphatic carbocycles. The maximum atomic E-state index is 3.64. The van der Waals surface area contributed by atoms with E-state index in [1.165, 1.54) is 28.1 Å². The highest BCUT2D eigenvalue weighted by molar-refractivity contribution is 5.73. The molecule has 2 nitrogen and oxygen atoms in total. The molecule has 2 heteroatoms. The van der Waals surface area contributed by atoms with Crippen molar-refractivity contribution in [1.29, 1.82) is 0 Å². The standard InChI is InChI=1S/C17H30N2/c1-8-14-10-13(7)16(18-11(3)4)15(9-2)17(14)19-12(5)6/h10-12,18-19H,8-9H2,1-7H3. The average molecular weight is 262 g/mol. The van der Waals surface area contributed by atoms with E-state index in [2.05, 4.69) is 65.2 Å². The Kier molecular flexibility index (Phi) is 5.71. The summed E-state index contributed by atoms with van der Waals surface area (Å²) in [4.78, 5) is 0. The highest BCUT2D eigenvalue weighted by Crippen LogP contribution is 2.33. The van der Waals surface area contributed by atoms with E-state index in [1.807, 2.05) is 0 Å². The second-order valence-electron chi connectivity index (χ2n) is 5.89. The van der Waals surface area contributed by atoms with Gasteiger partial charge < -0.3 is 10.6 Å². The Balaban J connectivity index is 3.39. The first-order chi connectivity index (χ1) is 8.90. The maximum absolute atomic E-state index is 3.64. The van der Waals surface area contributed by atoms with Gasteiger partial charge >= 0.3 is 0 Å². The van der Waals surface area contributed by atoms with Crippen LogP contribution in [-0.2, 0) is 12.8 Å². The molecule has 0 spiro atoms. The van der Waals surface area contributed by atoms with Crippen molar-refractivity contribution in [3.8, 4) is 0 Å². The first-order valence-corrected chi connectivity index (χ1v) is 7.59. The molecule has 1 rings (SSSR count). The van der Waals surface area contributed by atoms with Crippen molar-refractivity contribution in [1.82, 2.24) is 0 Å². The molecule has 0 saturated carbocycles. The van der Waals surface area contributed by atoms with E-state index in [1.54, 1.807) is 0 Å². The Morgan fingerprint density at radius 2 is 1.42 bits per heavy atom. The number of hydrogen-bond donors (Lipinski definition) is 2. The molecule has 19 heavy (non-hydrogen) atoms. The molecular formula is C17H30N2. The minimum Gasteiger partial charge on any atom is -0.382 e. The lowest BCUT2D eigenvalue weighted by molar-refractivity contribution is 0.875. The molecule has 0 unspecified atom stereocenters. The SMILES string of the molecule is CCc1cc(C)c(NC(C)C)c(CC)c1NC(C)C. The summed E-state index contributed by atoms with van der Waals surface area (Å²) in [6, 6.07) is 3.25. The smallest absolute Gasteiger partial charge is 0.0428 e. The number of anilines is 2. The summed E-state index contributed by atoms with van der Waals surface area (Å²) < 4.78 is 0. The van der Waals surface area contributed by atoms with Crippen LogP contribution in [0, 0.1) is 6.92 Å². The summed E-state index contributed by atoms with van der Waals surface area (Å²) in [5, 5.41) is 7.26. The average Bonchev–Trinajstić information content (AvgIpc) is 2.32. The summed E-state index contributed by atoms with van der Waals surface area (Å²) in [7, 11) is 0. The van der Waals surface area contributed by atoms with E-state index in [-0.39, 0.29) is 0 Å². The molecule has 1 aromatic carbocycles. The predicted molar refractivity (Wildman–Crippen MR) is 87.5 cm³/mol. The monoisotopic (exact) mass is 262 g/mol. The van der Waals surface area contributed by atoms with Gasteiger partial charge in [0.15, 0.2) is 0 Å². The highest BCUT2D eigenvalue weighted by Gasteiger charge is 2.15. The molecule has 0 heterocycles. The van der Waals surface area contributed by atoms with Crippen LogP contribution in [0.2, 0.25) is 0 Å². The van der Waals surface area contributed by atoms with Crippen molar-refractivity contribution in [2.75, 3.05) is 10.6 Å². The van der Waals surface area contributed by atoms with E-state index in [0.717, 1.165) is 12.8 Å². The van der Waals surface area contributed by atoms with Crippen LogP contribution in [0.3, 0.4) is 0 Å². The van der Waals surface area contributed by atoms with Gasteiger partial charge in [0.05, 0.1) is 0 Å². The van der Waals surface area contributed by atoms with Crippen molar-refractivity contribution in [3.05, 3.63) is 22.8 Å². The van der Waals surface area contributed by atoms with Gasteiger partial charge in [-0.2, -0.15) is 0 Å². The third-order valence-electron chi connectivity index (χ3n) is 3.31. The lowest BCUT2D eigenvalue weighted by atomic mass is 9.96. The van der Waals surface area contributed by atoms with Gasteiger partial charge in [-0.15, -0.1) is 0 Å². The first kappa shape index (κ1) is 15.9. The predicted octanol–water partition coefficient (Wildman–Crippen LogP) is 4.76. The molecule has 1 aromatic rings. The zero-order chi connectivity index (χ0) is 14.6. The Bertz CT molecular complexity index is 420. The molecule has 0 atom stereocenters. The van der Waals surface area contributed by atoms with E-state index in [9.17, 15) is 0 Å². The number of nitrogens with one attached hydrogen (secondary N) is 2. The minimum absolute atomic E-state index is 0.461. The van der Waals surface area contributed by atoms with Crippen LogP contribution in [-0.4, -0.2) is 12.1 Å².